The molecule has 1 heterocycles. The molecule has 12 heavy (non-hydrogen) atoms. The molecule has 1 aromatic heterocycles. The highest BCUT2D eigenvalue weighted by Gasteiger charge is 2.00. The van der Waals surface area contributed by atoms with E-state index in [1.807, 2.05) is 0 Å². The van der Waals surface area contributed by atoms with Crippen molar-refractivity contribution in [2.24, 2.45) is 0 Å². The molecule has 0 atom stereocenters. The summed E-state index contributed by atoms with van der Waals surface area (Å²) in [6.45, 7) is 1.72. The van der Waals surface area contributed by atoms with Gasteiger partial charge in [0.05, 0.1) is 6.20 Å². The first kappa shape index (κ1) is 8.64. The van der Waals surface area contributed by atoms with E-state index in [9.17, 15) is 9.59 Å². The molecule has 1 N–H and O–H groups in total. The van der Waals surface area contributed by atoms with Crippen molar-refractivity contribution in [1.29, 1.82) is 0 Å². The molecular weight excluding hydrogens is 156 g/mol. The van der Waals surface area contributed by atoms with Crippen molar-refractivity contribution in [1.82, 2.24) is 10.2 Å². The zero-order chi connectivity index (χ0) is 8.97. The summed E-state index contributed by atoms with van der Waals surface area (Å²) in [5.74, 6) is 0. The van der Waals surface area contributed by atoms with Gasteiger partial charge in [0.1, 0.15) is 6.29 Å². The summed E-state index contributed by atoms with van der Waals surface area (Å²) in [6, 6.07) is 0. The van der Waals surface area contributed by atoms with E-state index in [2.05, 4.69) is 10.2 Å². The van der Waals surface area contributed by atoms with Crippen LogP contribution in [0.1, 0.15) is 17.5 Å². The third-order valence-electron chi connectivity index (χ3n) is 1.74. The third-order valence-corrected chi connectivity index (χ3v) is 1.74. The Hall–Kier alpha value is -1.45. The lowest BCUT2D eigenvalue weighted by molar-refractivity contribution is -0.107. The highest BCUT2D eigenvalue weighted by Crippen LogP contribution is 2.01. The second-order valence-electron chi connectivity index (χ2n) is 2.55. The van der Waals surface area contributed by atoms with Crippen LogP contribution in [0.15, 0.2) is 11.0 Å². The fraction of sp³-hybridized carbons (Fsp3) is 0.375. The zero-order valence-corrected chi connectivity index (χ0v) is 6.83. The zero-order valence-electron chi connectivity index (χ0n) is 6.83. The molecule has 0 radical (unpaired) electrons. The van der Waals surface area contributed by atoms with Crippen molar-refractivity contribution in [3.63, 3.8) is 0 Å². The van der Waals surface area contributed by atoms with Crippen LogP contribution < -0.4 is 5.56 Å². The molecule has 0 saturated heterocycles. The minimum absolute atomic E-state index is 0.182. The Kier molecular flexibility index (Phi) is 2.74. The number of carbonyl (C=O) groups is 1. The van der Waals surface area contributed by atoms with E-state index < -0.39 is 0 Å². The average molecular weight is 166 g/mol. The standard InChI is InChI=1S/C8H10N2O2/c1-6-7(3-2-4-11)5-9-10-8(6)12/h4-5H,2-3H2,1H3,(H,10,12). The van der Waals surface area contributed by atoms with Crippen LogP contribution in [-0.2, 0) is 11.2 Å². The second-order valence-corrected chi connectivity index (χ2v) is 2.55. The van der Waals surface area contributed by atoms with E-state index in [-0.39, 0.29) is 5.56 Å². The molecule has 0 amide bonds. The van der Waals surface area contributed by atoms with Gasteiger partial charge in [-0.15, -0.1) is 0 Å². The fourth-order valence-corrected chi connectivity index (χ4v) is 0.962. The van der Waals surface area contributed by atoms with E-state index in [0.29, 0.717) is 18.4 Å². The lowest BCUT2D eigenvalue weighted by atomic mass is 10.1. The van der Waals surface area contributed by atoms with Gasteiger partial charge in [-0.2, -0.15) is 5.10 Å². The van der Waals surface area contributed by atoms with E-state index in [0.717, 1.165) is 11.8 Å². The smallest absolute Gasteiger partial charge is 0.267 e. The van der Waals surface area contributed by atoms with Crippen LogP contribution in [0.4, 0.5) is 0 Å². The molecule has 0 aliphatic rings. The van der Waals surface area contributed by atoms with Gasteiger partial charge in [0, 0.05) is 12.0 Å². The Balaban J connectivity index is 2.92. The number of aromatic amines is 1. The summed E-state index contributed by atoms with van der Waals surface area (Å²) in [4.78, 5) is 21.1. The molecule has 64 valence electrons. The molecule has 0 aliphatic carbocycles. The van der Waals surface area contributed by atoms with Gasteiger partial charge in [0.25, 0.3) is 5.56 Å². The van der Waals surface area contributed by atoms with Crippen molar-refractivity contribution in [3.8, 4) is 0 Å². The maximum Gasteiger partial charge on any atom is 0.267 e. The molecule has 1 aromatic rings. The monoisotopic (exact) mass is 166 g/mol. The Morgan fingerprint density at radius 3 is 3.08 bits per heavy atom. The maximum absolute atomic E-state index is 11.0. The summed E-state index contributed by atoms with van der Waals surface area (Å²) < 4.78 is 0. The van der Waals surface area contributed by atoms with Crippen molar-refractivity contribution in [3.05, 3.63) is 27.7 Å². The summed E-state index contributed by atoms with van der Waals surface area (Å²) in [7, 11) is 0. The SMILES string of the molecule is Cc1c(CCC=O)cn[nH]c1=O. The highest BCUT2D eigenvalue weighted by molar-refractivity contribution is 5.50. The quantitative estimate of drug-likeness (QED) is 0.653. The van der Waals surface area contributed by atoms with Gasteiger partial charge in [0.2, 0.25) is 0 Å². The van der Waals surface area contributed by atoms with Crippen molar-refractivity contribution < 1.29 is 4.79 Å². The molecule has 0 unspecified atom stereocenters. The van der Waals surface area contributed by atoms with Gasteiger partial charge in [-0.05, 0) is 18.9 Å². The molecular formula is C8H10N2O2. The number of rotatable bonds is 3. The average Bonchev–Trinajstić information content (AvgIpc) is 2.08. The molecule has 0 aliphatic heterocycles. The number of nitrogens with zero attached hydrogens (tertiary/aromatic N) is 1. The Bertz CT molecular complexity index is 330. The Labute approximate surface area is 69.6 Å². The number of aldehydes is 1. The number of nitrogens with one attached hydrogen (secondary N) is 1. The van der Waals surface area contributed by atoms with Crippen LogP contribution in [0.5, 0.6) is 0 Å². The van der Waals surface area contributed by atoms with Gasteiger partial charge in [0.15, 0.2) is 0 Å². The first-order chi connectivity index (χ1) is 5.75. The van der Waals surface area contributed by atoms with Crippen LogP contribution in [-0.4, -0.2) is 16.5 Å². The first-order valence-electron chi connectivity index (χ1n) is 3.72. The van der Waals surface area contributed by atoms with Crippen LogP contribution >= 0.6 is 0 Å². The largest absolute Gasteiger partial charge is 0.303 e. The summed E-state index contributed by atoms with van der Waals surface area (Å²) >= 11 is 0. The Morgan fingerprint density at radius 2 is 2.42 bits per heavy atom. The topological polar surface area (TPSA) is 62.8 Å². The summed E-state index contributed by atoms with van der Waals surface area (Å²) in [5.41, 5.74) is 1.30. The molecule has 0 bridgehead atoms. The minimum Gasteiger partial charge on any atom is -0.303 e. The minimum atomic E-state index is -0.182. The van der Waals surface area contributed by atoms with Crippen molar-refractivity contribution >= 4 is 6.29 Å². The normalized spacial score (nSPS) is 9.75. The predicted molar refractivity (Wildman–Crippen MR) is 44.0 cm³/mol. The molecule has 1 rings (SSSR count). The summed E-state index contributed by atoms with van der Waals surface area (Å²) in [6.07, 6.45) is 3.44. The van der Waals surface area contributed by atoms with Gasteiger partial charge in [-0.25, -0.2) is 5.10 Å². The van der Waals surface area contributed by atoms with Crippen LogP contribution in [0.3, 0.4) is 0 Å². The van der Waals surface area contributed by atoms with Gasteiger partial charge < -0.3 is 4.79 Å². The maximum atomic E-state index is 11.0. The number of aryl methyl sites for hydroxylation is 1. The molecule has 4 nitrogen and oxygen atoms in total. The van der Waals surface area contributed by atoms with Crippen LogP contribution in [0.2, 0.25) is 0 Å². The number of aromatic nitrogens is 2. The molecule has 0 spiro atoms. The van der Waals surface area contributed by atoms with E-state index in [4.69, 9.17) is 0 Å². The molecule has 0 fully saturated rings. The lowest BCUT2D eigenvalue weighted by Gasteiger charge is -1.99. The number of hydrogen-bond donors (Lipinski definition) is 1. The second kappa shape index (κ2) is 3.80. The lowest BCUT2D eigenvalue weighted by Crippen LogP contribution is -2.13. The first-order valence-corrected chi connectivity index (χ1v) is 3.72. The van der Waals surface area contributed by atoms with Crippen LogP contribution in [0.25, 0.3) is 0 Å². The highest BCUT2D eigenvalue weighted by atomic mass is 16.1. The number of H-pyrrole nitrogens is 1. The number of hydrogen-bond acceptors (Lipinski definition) is 3. The van der Waals surface area contributed by atoms with E-state index in [1.54, 1.807) is 13.1 Å². The predicted octanol–water partition coefficient (Wildman–Crippen LogP) is 0.210. The van der Waals surface area contributed by atoms with Crippen molar-refractivity contribution in [2.75, 3.05) is 0 Å². The van der Waals surface area contributed by atoms with Crippen LogP contribution in [0, 0.1) is 6.92 Å². The molecule has 0 saturated carbocycles. The fourth-order valence-electron chi connectivity index (χ4n) is 0.962. The molecule has 0 aromatic carbocycles. The van der Waals surface area contributed by atoms with Gasteiger partial charge >= 0.3 is 0 Å². The van der Waals surface area contributed by atoms with Gasteiger partial charge in [-0.3, -0.25) is 4.79 Å². The summed E-state index contributed by atoms with van der Waals surface area (Å²) in [5, 5.41) is 5.97. The van der Waals surface area contributed by atoms with E-state index >= 15 is 0 Å². The Morgan fingerprint density at radius 1 is 1.67 bits per heavy atom. The van der Waals surface area contributed by atoms with Crippen molar-refractivity contribution in [2.45, 2.75) is 19.8 Å². The van der Waals surface area contributed by atoms with Gasteiger partial charge in [-0.1, -0.05) is 0 Å². The molecule has 4 heteroatoms. The van der Waals surface area contributed by atoms with E-state index in [1.165, 1.54) is 0 Å². The number of carbonyl (C=O) groups excluding carboxylic acids is 1. The third kappa shape index (κ3) is 1.78.